The predicted molar refractivity (Wildman–Crippen MR) is 97.8 cm³/mol. The van der Waals surface area contributed by atoms with Crippen molar-refractivity contribution in [2.24, 2.45) is 5.92 Å². The van der Waals surface area contributed by atoms with Gasteiger partial charge in [0.2, 0.25) is 0 Å². The van der Waals surface area contributed by atoms with Gasteiger partial charge >= 0.3 is 5.97 Å². The van der Waals surface area contributed by atoms with Crippen LogP contribution >= 0.6 is 0 Å². The van der Waals surface area contributed by atoms with Crippen LogP contribution in [-0.2, 0) is 16.1 Å². The molecule has 0 spiro atoms. The van der Waals surface area contributed by atoms with Gasteiger partial charge < -0.3 is 14.5 Å². The summed E-state index contributed by atoms with van der Waals surface area (Å²) in [6.07, 6.45) is 8.71. The van der Waals surface area contributed by atoms with Crippen molar-refractivity contribution >= 4 is 5.97 Å². The van der Waals surface area contributed by atoms with E-state index >= 15 is 0 Å². The summed E-state index contributed by atoms with van der Waals surface area (Å²) in [7, 11) is 0. The lowest BCUT2D eigenvalue weighted by Gasteiger charge is -2.43. The molecule has 0 saturated carbocycles. The number of piperidine rings is 2. The fourth-order valence-electron chi connectivity index (χ4n) is 4.96. The molecule has 0 N–H and O–H groups in total. The second-order valence-electron chi connectivity index (χ2n) is 7.92. The van der Waals surface area contributed by atoms with Crippen molar-refractivity contribution < 1.29 is 9.53 Å². The van der Waals surface area contributed by atoms with Crippen molar-refractivity contribution in [3.63, 3.8) is 0 Å². The fourth-order valence-corrected chi connectivity index (χ4v) is 4.96. The zero-order valence-electron chi connectivity index (χ0n) is 15.2. The van der Waals surface area contributed by atoms with Crippen molar-refractivity contribution in [2.45, 2.75) is 63.3 Å². The molecule has 3 heterocycles. The SMILES string of the molecule is N#CN1C2CCC1CC(N1CCC(C(=O)OCc3ccccc3)CC1)C2. The highest BCUT2D eigenvalue weighted by atomic mass is 16.5. The minimum atomic E-state index is -0.0483. The van der Waals surface area contributed by atoms with Gasteiger partial charge in [0.1, 0.15) is 6.61 Å². The summed E-state index contributed by atoms with van der Waals surface area (Å²) < 4.78 is 5.52. The number of hydrogen-bond donors (Lipinski definition) is 0. The molecule has 26 heavy (non-hydrogen) atoms. The van der Waals surface area contributed by atoms with Gasteiger partial charge in [0, 0.05) is 18.1 Å². The summed E-state index contributed by atoms with van der Waals surface area (Å²) in [6.45, 7) is 2.32. The molecule has 2 atom stereocenters. The molecular weight excluding hydrogens is 326 g/mol. The van der Waals surface area contributed by atoms with Gasteiger partial charge in [0.15, 0.2) is 6.19 Å². The summed E-state index contributed by atoms with van der Waals surface area (Å²) in [5, 5.41) is 9.31. The van der Waals surface area contributed by atoms with Gasteiger partial charge in [-0.3, -0.25) is 4.79 Å². The number of carbonyl (C=O) groups is 1. The monoisotopic (exact) mass is 353 g/mol. The number of nitriles is 1. The maximum atomic E-state index is 12.4. The standard InChI is InChI=1S/C21H27N3O2/c22-15-24-18-6-7-19(24)13-20(12-18)23-10-8-17(9-11-23)21(25)26-14-16-4-2-1-3-5-16/h1-5,17-20H,6-14H2. The van der Waals surface area contributed by atoms with E-state index in [1.807, 2.05) is 35.2 Å². The highest BCUT2D eigenvalue weighted by Crippen LogP contribution is 2.38. The van der Waals surface area contributed by atoms with E-state index in [-0.39, 0.29) is 11.9 Å². The Bertz CT molecular complexity index is 650. The highest BCUT2D eigenvalue weighted by molar-refractivity contribution is 5.72. The zero-order valence-corrected chi connectivity index (χ0v) is 15.2. The number of benzene rings is 1. The van der Waals surface area contributed by atoms with Gasteiger partial charge in [-0.15, -0.1) is 0 Å². The molecule has 5 nitrogen and oxygen atoms in total. The molecule has 0 radical (unpaired) electrons. The largest absolute Gasteiger partial charge is 0.461 e. The van der Waals surface area contributed by atoms with E-state index < -0.39 is 0 Å². The van der Waals surface area contributed by atoms with Crippen LogP contribution in [0.3, 0.4) is 0 Å². The van der Waals surface area contributed by atoms with Crippen molar-refractivity contribution in [1.82, 2.24) is 9.80 Å². The van der Waals surface area contributed by atoms with Crippen LogP contribution in [0.4, 0.5) is 0 Å². The average Bonchev–Trinajstić information content (AvgIpc) is 2.94. The Morgan fingerprint density at radius 3 is 2.31 bits per heavy atom. The summed E-state index contributed by atoms with van der Waals surface area (Å²) in [4.78, 5) is 17.0. The molecule has 3 saturated heterocycles. The second kappa shape index (κ2) is 7.67. The van der Waals surface area contributed by atoms with Crippen LogP contribution in [0.25, 0.3) is 0 Å². The van der Waals surface area contributed by atoms with E-state index in [0.29, 0.717) is 24.7 Å². The van der Waals surface area contributed by atoms with Crippen molar-refractivity contribution in [3.05, 3.63) is 35.9 Å². The van der Waals surface area contributed by atoms with E-state index in [1.54, 1.807) is 0 Å². The summed E-state index contributed by atoms with van der Waals surface area (Å²) >= 11 is 0. The van der Waals surface area contributed by atoms with Gasteiger partial charge in [-0.05, 0) is 57.2 Å². The lowest BCUT2D eigenvalue weighted by Crippen LogP contribution is -2.51. The molecular formula is C21H27N3O2. The molecule has 2 unspecified atom stereocenters. The summed E-state index contributed by atoms with van der Waals surface area (Å²) in [5.74, 6) is -0.0150. The molecule has 3 aliphatic rings. The molecule has 0 aliphatic carbocycles. The molecule has 138 valence electrons. The van der Waals surface area contributed by atoms with Crippen molar-refractivity contribution in [1.29, 1.82) is 5.26 Å². The Hall–Kier alpha value is -2.06. The molecule has 1 aromatic rings. The number of nitrogens with zero attached hydrogens (tertiary/aromatic N) is 3. The van der Waals surface area contributed by atoms with Gasteiger partial charge in [-0.25, -0.2) is 0 Å². The number of carbonyl (C=O) groups excluding carboxylic acids is 1. The molecule has 4 rings (SSSR count). The van der Waals surface area contributed by atoms with E-state index in [2.05, 4.69) is 11.1 Å². The smallest absolute Gasteiger partial charge is 0.309 e. The van der Waals surface area contributed by atoms with E-state index in [4.69, 9.17) is 4.74 Å². The first kappa shape index (κ1) is 17.4. The number of hydrogen-bond acceptors (Lipinski definition) is 5. The Labute approximate surface area is 155 Å². The van der Waals surface area contributed by atoms with Crippen LogP contribution in [0.2, 0.25) is 0 Å². The fraction of sp³-hybridized carbons (Fsp3) is 0.619. The second-order valence-corrected chi connectivity index (χ2v) is 7.92. The number of esters is 1. The lowest BCUT2D eigenvalue weighted by atomic mass is 9.91. The van der Waals surface area contributed by atoms with Crippen LogP contribution in [0, 0.1) is 17.4 Å². The van der Waals surface area contributed by atoms with Gasteiger partial charge in [-0.1, -0.05) is 30.3 Å². The third-order valence-electron chi connectivity index (χ3n) is 6.43. The van der Waals surface area contributed by atoms with Crippen LogP contribution in [-0.4, -0.2) is 47.0 Å². The van der Waals surface area contributed by atoms with Crippen molar-refractivity contribution in [2.75, 3.05) is 13.1 Å². The minimum Gasteiger partial charge on any atom is -0.461 e. The summed E-state index contributed by atoms with van der Waals surface area (Å²) in [5.41, 5.74) is 1.04. The van der Waals surface area contributed by atoms with Gasteiger partial charge in [0.25, 0.3) is 0 Å². The maximum Gasteiger partial charge on any atom is 0.309 e. The number of rotatable bonds is 4. The zero-order chi connectivity index (χ0) is 17.9. The first-order valence-corrected chi connectivity index (χ1v) is 9.87. The molecule has 5 heteroatoms. The topological polar surface area (TPSA) is 56.6 Å². The Morgan fingerprint density at radius 1 is 1.04 bits per heavy atom. The molecule has 3 fully saturated rings. The quantitative estimate of drug-likeness (QED) is 0.615. The first-order valence-electron chi connectivity index (χ1n) is 9.87. The Morgan fingerprint density at radius 2 is 1.69 bits per heavy atom. The Balaban J connectivity index is 1.24. The average molecular weight is 353 g/mol. The first-order chi connectivity index (χ1) is 12.7. The lowest BCUT2D eigenvalue weighted by molar-refractivity contribution is -0.151. The van der Waals surface area contributed by atoms with Gasteiger partial charge in [0.05, 0.1) is 5.92 Å². The predicted octanol–water partition coefficient (Wildman–Crippen LogP) is 2.92. The summed E-state index contributed by atoms with van der Waals surface area (Å²) in [6, 6.07) is 11.3. The molecule has 0 amide bonds. The van der Waals surface area contributed by atoms with Crippen LogP contribution < -0.4 is 0 Å². The van der Waals surface area contributed by atoms with E-state index in [1.165, 1.54) is 0 Å². The van der Waals surface area contributed by atoms with E-state index in [0.717, 1.165) is 57.2 Å². The van der Waals surface area contributed by atoms with Crippen molar-refractivity contribution in [3.8, 4) is 6.19 Å². The minimum absolute atomic E-state index is 0.0332. The normalized spacial score (nSPS) is 29.3. The van der Waals surface area contributed by atoms with E-state index in [9.17, 15) is 10.1 Å². The van der Waals surface area contributed by atoms with Crippen LogP contribution in [0.1, 0.15) is 44.1 Å². The maximum absolute atomic E-state index is 12.4. The third kappa shape index (κ3) is 3.57. The molecule has 1 aromatic carbocycles. The van der Waals surface area contributed by atoms with Crippen LogP contribution in [0.15, 0.2) is 30.3 Å². The number of fused-ring (bicyclic) bond motifs is 2. The van der Waals surface area contributed by atoms with Crippen LogP contribution in [0.5, 0.6) is 0 Å². The molecule has 3 aliphatic heterocycles. The van der Waals surface area contributed by atoms with Gasteiger partial charge in [-0.2, -0.15) is 5.26 Å². The molecule has 0 aromatic heterocycles. The highest BCUT2D eigenvalue weighted by Gasteiger charge is 2.43. The third-order valence-corrected chi connectivity index (χ3v) is 6.43. The Kier molecular flexibility index (Phi) is 5.12. The number of ether oxygens (including phenoxy) is 1. The number of likely N-dealkylation sites (tertiary alicyclic amines) is 1. The molecule has 2 bridgehead atoms.